The Bertz CT molecular complexity index is 675. The van der Waals surface area contributed by atoms with Gasteiger partial charge in [-0.15, -0.1) is 0 Å². The van der Waals surface area contributed by atoms with E-state index in [0.29, 0.717) is 5.56 Å². The van der Waals surface area contributed by atoms with Gasteiger partial charge in [0.2, 0.25) is 5.91 Å². The highest BCUT2D eigenvalue weighted by molar-refractivity contribution is 6.10. The quantitative estimate of drug-likeness (QED) is 0.678. The lowest BCUT2D eigenvalue weighted by Gasteiger charge is -2.05. The third-order valence-corrected chi connectivity index (χ3v) is 2.60. The van der Waals surface area contributed by atoms with Crippen molar-refractivity contribution in [2.75, 3.05) is 5.32 Å². The van der Waals surface area contributed by atoms with Crippen LogP contribution in [0.1, 0.15) is 22.3 Å². The number of pyridine rings is 1. The van der Waals surface area contributed by atoms with E-state index in [1.807, 2.05) is 6.07 Å². The van der Waals surface area contributed by atoms with E-state index in [1.54, 1.807) is 42.5 Å². The van der Waals surface area contributed by atoms with Crippen LogP contribution in [0.4, 0.5) is 5.82 Å². The Morgan fingerprint density at radius 1 is 1.15 bits per heavy atom. The van der Waals surface area contributed by atoms with Crippen molar-refractivity contribution in [3.8, 4) is 6.07 Å². The van der Waals surface area contributed by atoms with Gasteiger partial charge in [-0.3, -0.25) is 9.59 Å². The molecule has 1 heterocycles. The molecule has 98 valence electrons. The molecule has 1 N–H and O–H groups in total. The van der Waals surface area contributed by atoms with E-state index in [-0.39, 0.29) is 23.6 Å². The molecule has 0 fully saturated rings. The number of ketones is 1. The van der Waals surface area contributed by atoms with E-state index in [4.69, 9.17) is 5.26 Å². The maximum absolute atomic E-state index is 11.9. The number of rotatable bonds is 4. The van der Waals surface area contributed by atoms with Gasteiger partial charge in [-0.05, 0) is 12.1 Å². The number of nitrogens with zero attached hydrogens (tertiary/aromatic N) is 2. The van der Waals surface area contributed by atoms with Crippen LogP contribution in [0, 0.1) is 11.3 Å². The number of amides is 1. The first-order valence-corrected chi connectivity index (χ1v) is 5.94. The second-order valence-electron chi connectivity index (χ2n) is 4.03. The zero-order chi connectivity index (χ0) is 14.4. The highest BCUT2D eigenvalue weighted by Gasteiger charge is 2.13. The summed E-state index contributed by atoms with van der Waals surface area (Å²) in [7, 11) is 0. The van der Waals surface area contributed by atoms with E-state index in [9.17, 15) is 9.59 Å². The fraction of sp³-hybridized carbons (Fsp3) is 0.0667. The summed E-state index contributed by atoms with van der Waals surface area (Å²) in [4.78, 5) is 27.5. The Balaban J connectivity index is 2.03. The van der Waals surface area contributed by atoms with Gasteiger partial charge >= 0.3 is 0 Å². The van der Waals surface area contributed by atoms with Crippen LogP contribution in [-0.2, 0) is 4.79 Å². The van der Waals surface area contributed by atoms with Gasteiger partial charge in [0, 0.05) is 11.8 Å². The smallest absolute Gasteiger partial charge is 0.233 e. The lowest BCUT2D eigenvalue weighted by Crippen LogP contribution is -2.18. The minimum absolute atomic E-state index is 0.167. The molecule has 0 bridgehead atoms. The summed E-state index contributed by atoms with van der Waals surface area (Å²) in [6.07, 6.45) is 1.18. The van der Waals surface area contributed by atoms with Crippen molar-refractivity contribution in [3.05, 3.63) is 59.8 Å². The number of carbonyl (C=O) groups is 2. The Kier molecular flexibility index (Phi) is 4.20. The van der Waals surface area contributed by atoms with Gasteiger partial charge in [-0.25, -0.2) is 4.98 Å². The fourth-order valence-electron chi connectivity index (χ4n) is 1.64. The van der Waals surface area contributed by atoms with Gasteiger partial charge in [0.15, 0.2) is 5.78 Å². The van der Waals surface area contributed by atoms with Gasteiger partial charge in [0.1, 0.15) is 11.9 Å². The molecule has 0 saturated carbocycles. The van der Waals surface area contributed by atoms with Gasteiger partial charge in [-0.2, -0.15) is 5.26 Å². The lowest BCUT2D eigenvalue weighted by molar-refractivity contribution is -0.115. The van der Waals surface area contributed by atoms with Crippen molar-refractivity contribution in [2.45, 2.75) is 6.42 Å². The molecule has 1 amide bonds. The molecule has 0 saturated heterocycles. The van der Waals surface area contributed by atoms with Gasteiger partial charge < -0.3 is 5.32 Å². The molecule has 0 atom stereocenters. The molecule has 0 spiro atoms. The average Bonchev–Trinajstić information content (AvgIpc) is 2.48. The standard InChI is InChI=1S/C15H11N3O2/c16-10-12-7-4-8-17-15(12)18-14(20)9-13(19)11-5-2-1-3-6-11/h1-8H,9H2,(H,17,18,20). The highest BCUT2D eigenvalue weighted by Crippen LogP contribution is 2.11. The topological polar surface area (TPSA) is 82.8 Å². The summed E-state index contributed by atoms with van der Waals surface area (Å²) in [6.45, 7) is 0. The molecular weight excluding hydrogens is 254 g/mol. The van der Waals surface area contributed by atoms with Crippen molar-refractivity contribution < 1.29 is 9.59 Å². The summed E-state index contributed by atoms with van der Waals surface area (Å²) < 4.78 is 0. The number of anilines is 1. The second kappa shape index (κ2) is 6.25. The minimum atomic E-state index is -0.492. The van der Waals surface area contributed by atoms with Crippen molar-refractivity contribution in [3.63, 3.8) is 0 Å². The SMILES string of the molecule is N#Cc1cccnc1NC(=O)CC(=O)c1ccccc1. The predicted molar refractivity (Wildman–Crippen MR) is 73.0 cm³/mol. The van der Waals surface area contributed by atoms with Crippen LogP contribution in [0.25, 0.3) is 0 Å². The molecule has 0 aliphatic heterocycles. The normalized spacial score (nSPS) is 9.55. The molecule has 2 rings (SSSR count). The zero-order valence-corrected chi connectivity index (χ0v) is 10.5. The van der Waals surface area contributed by atoms with Crippen molar-refractivity contribution in [1.82, 2.24) is 4.98 Å². The molecule has 0 aliphatic carbocycles. The van der Waals surface area contributed by atoms with E-state index >= 15 is 0 Å². The molecule has 5 nitrogen and oxygen atoms in total. The maximum Gasteiger partial charge on any atom is 0.233 e. The third-order valence-electron chi connectivity index (χ3n) is 2.60. The number of Topliss-reactive ketones (excluding diaryl/α,β-unsaturated/α-hetero) is 1. The number of nitrogens with one attached hydrogen (secondary N) is 1. The van der Waals surface area contributed by atoms with Crippen molar-refractivity contribution in [1.29, 1.82) is 5.26 Å². The van der Waals surface area contributed by atoms with Crippen LogP contribution in [0.5, 0.6) is 0 Å². The highest BCUT2D eigenvalue weighted by atomic mass is 16.2. The molecular formula is C15H11N3O2. The first-order valence-electron chi connectivity index (χ1n) is 5.94. The van der Waals surface area contributed by atoms with Crippen LogP contribution in [-0.4, -0.2) is 16.7 Å². The fourth-order valence-corrected chi connectivity index (χ4v) is 1.64. The summed E-state index contributed by atoms with van der Waals surface area (Å²) in [5, 5.41) is 11.4. The summed E-state index contributed by atoms with van der Waals surface area (Å²) in [5.41, 5.74) is 0.734. The van der Waals surface area contributed by atoms with E-state index in [0.717, 1.165) is 0 Å². The van der Waals surface area contributed by atoms with Crippen LogP contribution >= 0.6 is 0 Å². The summed E-state index contributed by atoms with van der Waals surface area (Å²) in [5.74, 6) is -0.604. The first kappa shape index (κ1) is 13.4. The summed E-state index contributed by atoms with van der Waals surface area (Å²) >= 11 is 0. The number of aromatic nitrogens is 1. The van der Waals surface area contributed by atoms with E-state index in [2.05, 4.69) is 10.3 Å². The van der Waals surface area contributed by atoms with E-state index in [1.165, 1.54) is 6.20 Å². The van der Waals surface area contributed by atoms with Crippen LogP contribution < -0.4 is 5.32 Å². The Morgan fingerprint density at radius 3 is 2.60 bits per heavy atom. The summed E-state index contributed by atoms with van der Waals surface area (Å²) in [6, 6.07) is 13.6. The lowest BCUT2D eigenvalue weighted by atomic mass is 10.1. The average molecular weight is 265 g/mol. The van der Waals surface area contributed by atoms with Crippen LogP contribution in [0.15, 0.2) is 48.7 Å². The Hall–Kier alpha value is -3.00. The molecule has 2 aromatic rings. The molecule has 0 aliphatic rings. The van der Waals surface area contributed by atoms with Crippen LogP contribution in [0.2, 0.25) is 0 Å². The Morgan fingerprint density at radius 2 is 1.90 bits per heavy atom. The molecule has 5 heteroatoms. The Labute approximate surface area is 115 Å². The first-order chi connectivity index (χ1) is 9.70. The second-order valence-corrected chi connectivity index (χ2v) is 4.03. The number of hydrogen-bond acceptors (Lipinski definition) is 4. The molecule has 1 aromatic carbocycles. The van der Waals surface area contributed by atoms with Gasteiger partial charge in [0.05, 0.1) is 12.0 Å². The monoisotopic (exact) mass is 265 g/mol. The van der Waals surface area contributed by atoms with Crippen molar-refractivity contribution >= 4 is 17.5 Å². The number of benzene rings is 1. The molecule has 20 heavy (non-hydrogen) atoms. The maximum atomic E-state index is 11.9. The van der Waals surface area contributed by atoms with Gasteiger partial charge in [0.25, 0.3) is 0 Å². The third kappa shape index (κ3) is 3.27. The van der Waals surface area contributed by atoms with Gasteiger partial charge in [-0.1, -0.05) is 30.3 Å². The molecule has 0 unspecified atom stereocenters. The predicted octanol–water partition coefficient (Wildman–Crippen LogP) is 2.16. The van der Waals surface area contributed by atoms with Crippen LogP contribution in [0.3, 0.4) is 0 Å². The minimum Gasteiger partial charge on any atom is -0.309 e. The number of carbonyl (C=O) groups excluding carboxylic acids is 2. The number of nitriles is 1. The molecule has 0 radical (unpaired) electrons. The number of hydrogen-bond donors (Lipinski definition) is 1. The zero-order valence-electron chi connectivity index (χ0n) is 10.5. The largest absolute Gasteiger partial charge is 0.309 e. The van der Waals surface area contributed by atoms with Crippen molar-refractivity contribution in [2.24, 2.45) is 0 Å². The molecule has 1 aromatic heterocycles. The van der Waals surface area contributed by atoms with E-state index < -0.39 is 5.91 Å².